The minimum Gasteiger partial charge on any atom is -0.419 e. The van der Waals surface area contributed by atoms with Crippen LogP contribution in [0.1, 0.15) is 76.8 Å². The normalized spacial score (nSPS) is 14.0. The highest BCUT2D eigenvalue weighted by atomic mass is 16.6. The lowest BCUT2D eigenvalue weighted by Gasteiger charge is -2.25. The SMILES string of the molecule is CCc1cc(OC(=O)c2ccccc2)c(OC(=O)c2ccccc2)c(C2CCCCC2)c1. The van der Waals surface area contributed by atoms with E-state index in [9.17, 15) is 9.59 Å². The van der Waals surface area contributed by atoms with Crippen molar-refractivity contribution in [3.8, 4) is 11.5 Å². The van der Waals surface area contributed by atoms with E-state index in [1.54, 1.807) is 48.5 Å². The minimum absolute atomic E-state index is 0.281. The quantitative estimate of drug-likeness (QED) is 0.322. The van der Waals surface area contributed by atoms with Gasteiger partial charge in [0.1, 0.15) is 0 Å². The molecule has 3 aromatic rings. The molecule has 0 aromatic heterocycles. The Kier molecular flexibility index (Phi) is 7.00. The van der Waals surface area contributed by atoms with Crippen LogP contribution in [0.5, 0.6) is 11.5 Å². The standard InChI is InChI=1S/C28H28O4/c1-2-20-18-24(21-12-6-3-7-13-21)26(32-28(30)23-16-10-5-11-17-23)25(19-20)31-27(29)22-14-8-4-9-15-22/h4-5,8-11,14-19,21H,2-3,6-7,12-13H2,1H3. The van der Waals surface area contributed by atoms with E-state index in [1.165, 1.54) is 6.42 Å². The Hall–Kier alpha value is -3.40. The molecule has 0 N–H and O–H groups in total. The van der Waals surface area contributed by atoms with Crippen LogP contribution in [0.25, 0.3) is 0 Å². The highest BCUT2D eigenvalue weighted by molar-refractivity contribution is 5.93. The Morgan fingerprint density at radius 3 is 1.91 bits per heavy atom. The summed E-state index contributed by atoms with van der Waals surface area (Å²) in [5.74, 6) is 0.0349. The molecule has 0 atom stereocenters. The van der Waals surface area contributed by atoms with Gasteiger partial charge in [0, 0.05) is 5.56 Å². The van der Waals surface area contributed by atoms with Gasteiger partial charge >= 0.3 is 11.9 Å². The lowest BCUT2D eigenvalue weighted by Crippen LogP contribution is -2.16. The van der Waals surface area contributed by atoms with Crippen molar-refractivity contribution < 1.29 is 19.1 Å². The van der Waals surface area contributed by atoms with Crippen LogP contribution >= 0.6 is 0 Å². The maximum atomic E-state index is 12.9. The van der Waals surface area contributed by atoms with Gasteiger partial charge in [-0.15, -0.1) is 0 Å². The summed E-state index contributed by atoms with van der Waals surface area (Å²) < 4.78 is 11.8. The summed E-state index contributed by atoms with van der Waals surface area (Å²) in [5, 5.41) is 0. The van der Waals surface area contributed by atoms with Gasteiger partial charge in [-0.25, -0.2) is 9.59 Å². The zero-order valence-electron chi connectivity index (χ0n) is 18.4. The van der Waals surface area contributed by atoms with Crippen LogP contribution in [0.4, 0.5) is 0 Å². The van der Waals surface area contributed by atoms with Crippen LogP contribution in [0.3, 0.4) is 0 Å². The minimum atomic E-state index is -0.467. The summed E-state index contributed by atoms with van der Waals surface area (Å²) in [5.41, 5.74) is 2.93. The molecule has 1 aliphatic carbocycles. The summed E-state index contributed by atoms with van der Waals surface area (Å²) in [6.07, 6.45) is 6.38. The fourth-order valence-corrected chi connectivity index (χ4v) is 4.25. The number of rotatable bonds is 6. The molecule has 4 nitrogen and oxygen atoms in total. The molecule has 32 heavy (non-hydrogen) atoms. The van der Waals surface area contributed by atoms with Crippen molar-refractivity contribution in [3.05, 3.63) is 95.1 Å². The number of carbonyl (C=O) groups is 2. The molecular weight excluding hydrogens is 400 g/mol. The molecule has 0 aliphatic heterocycles. The van der Waals surface area contributed by atoms with Crippen molar-refractivity contribution in [1.29, 1.82) is 0 Å². The molecule has 0 unspecified atom stereocenters. The zero-order chi connectivity index (χ0) is 22.3. The third kappa shape index (κ3) is 5.08. The van der Waals surface area contributed by atoms with Crippen LogP contribution in [0, 0.1) is 0 Å². The van der Waals surface area contributed by atoms with E-state index in [2.05, 4.69) is 13.0 Å². The number of esters is 2. The zero-order valence-corrected chi connectivity index (χ0v) is 18.4. The van der Waals surface area contributed by atoms with E-state index in [-0.39, 0.29) is 5.92 Å². The lowest BCUT2D eigenvalue weighted by molar-refractivity contribution is 0.0680. The van der Waals surface area contributed by atoms with Crippen LogP contribution in [-0.2, 0) is 6.42 Å². The highest BCUT2D eigenvalue weighted by Gasteiger charge is 2.26. The number of benzene rings is 3. The van der Waals surface area contributed by atoms with Crippen molar-refractivity contribution in [3.63, 3.8) is 0 Å². The van der Waals surface area contributed by atoms with Crippen LogP contribution in [-0.4, -0.2) is 11.9 Å². The highest BCUT2D eigenvalue weighted by Crippen LogP contribution is 2.43. The Morgan fingerprint density at radius 2 is 1.34 bits per heavy atom. The molecule has 0 spiro atoms. The molecule has 1 aliphatic rings. The number of carbonyl (C=O) groups excluding carboxylic acids is 2. The molecule has 0 heterocycles. The average molecular weight is 429 g/mol. The second-order valence-corrected chi connectivity index (χ2v) is 8.21. The Balaban J connectivity index is 1.75. The average Bonchev–Trinajstić information content (AvgIpc) is 2.86. The van der Waals surface area contributed by atoms with E-state index < -0.39 is 11.9 Å². The first-order valence-electron chi connectivity index (χ1n) is 11.4. The van der Waals surface area contributed by atoms with Gasteiger partial charge in [0.15, 0.2) is 11.5 Å². The largest absolute Gasteiger partial charge is 0.419 e. The number of ether oxygens (including phenoxy) is 2. The molecule has 0 amide bonds. The third-order valence-electron chi connectivity index (χ3n) is 6.01. The molecular formula is C28H28O4. The topological polar surface area (TPSA) is 52.6 Å². The second kappa shape index (κ2) is 10.3. The van der Waals surface area contributed by atoms with E-state index >= 15 is 0 Å². The van der Waals surface area contributed by atoms with Gasteiger partial charge in [0.05, 0.1) is 11.1 Å². The predicted octanol–water partition coefficient (Wildman–Crippen LogP) is 6.74. The Morgan fingerprint density at radius 1 is 0.781 bits per heavy atom. The lowest BCUT2D eigenvalue weighted by atomic mass is 9.82. The molecule has 1 fully saturated rings. The summed E-state index contributed by atoms with van der Waals surface area (Å²) in [6, 6.07) is 21.7. The summed E-state index contributed by atoms with van der Waals surface area (Å²) in [4.78, 5) is 25.8. The van der Waals surface area contributed by atoms with E-state index in [1.807, 2.05) is 18.2 Å². The van der Waals surface area contributed by atoms with Gasteiger partial charge in [-0.3, -0.25) is 0 Å². The molecule has 1 saturated carbocycles. The van der Waals surface area contributed by atoms with Crippen molar-refractivity contribution in [2.24, 2.45) is 0 Å². The maximum absolute atomic E-state index is 12.9. The third-order valence-corrected chi connectivity index (χ3v) is 6.01. The van der Waals surface area contributed by atoms with Gasteiger partial charge in [0.25, 0.3) is 0 Å². The second-order valence-electron chi connectivity index (χ2n) is 8.21. The van der Waals surface area contributed by atoms with E-state index in [0.29, 0.717) is 22.6 Å². The Labute approximate surface area is 189 Å². The fraction of sp³-hybridized carbons (Fsp3) is 0.286. The van der Waals surface area contributed by atoms with Gasteiger partial charge < -0.3 is 9.47 Å². The summed E-state index contributed by atoms with van der Waals surface area (Å²) in [6.45, 7) is 2.07. The first kappa shape index (κ1) is 21.8. The fourth-order valence-electron chi connectivity index (χ4n) is 4.25. The van der Waals surface area contributed by atoms with E-state index in [4.69, 9.17) is 9.47 Å². The van der Waals surface area contributed by atoms with Crippen molar-refractivity contribution >= 4 is 11.9 Å². The molecule has 0 radical (unpaired) electrons. The van der Waals surface area contributed by atoms with Crippen LogP contribution in [0.2, 0.25) is 0 Å². The number of hydrogen-bond donors (Lipinski definition) is 0. The Bertz CT molecular complexity index is 1070. The summed E-state index contributed by atoms with van der Waals surface area (Å²) in [7, 11) is 0. The van der Waals surface area contributed by atoms with Crippen molar-refractivity contribution in [2.75, 3.05) is 0 Å². The first-order chi connectivity index (χ1) is 15.7. The molecule has 0 saturated heterocycles. The van der Waals surface area contributed by atoms with Crippen molar-refractivity contribution in [1.82, 2.24) is 0 Å². The predicted molar refractivity (Wildman–Crippen MR) is 124 cm³/mol. The molecule has 164 valence electrons. The van der Waals surface area contributed by atoms with Gasteiger partial charge in [-0.2, -0.15) is 0 Å². The van der Waals surface area contributed by atoms with E-state index in [0.717, 1.165) is 43.2 Å². The first-order valence-corrected chi connectivity index (χ1v) is 11.4. The van der Waals surface area contributed by atoms with Crippen LogP contribution in [0.15, 0.2) is 72.8 Å². The molecule has 3 aromatic carbocycles. The van der Waals surface area contributed by atoms with Gasteiger partial charge in [-0.1, -0.05) is 68.7 Å². The number of hydrogen-bond acceptors (Lipinski definition) is 4. The molecule has 4 rings (SSSR count). The number of aryl methyl sites for hydroxylation is 1. The smallest absolute Gasteiger partial charge is 0.343 e. The van der Waals surface area contributed by atoms with Crippen molar-refractivity contribution in [2.45, 2.75) is 51.4 Å². The van der Waals surface area contributed by atoms with Gasteiger partial charge in [-0.05, 0) is 61.1 Å². The molecule has 4 heteroatoms. The van der Waals surface area contributed by atoms with Crippen LogP contribution < -0.4 is 9.47 Å². The maximum Gasteiger partial charge on any atom is 0.343 e. The summed E-state index contributed by atoms with van der Waals surface area (Å²) >= 11 is 0. The molecule has 0 bridgehead atoms. The monoisotopic (exact) mass is 428 g/mol. The van der Waals surface area contributed by atoms with Gasteiger partial charge in [0.2, 0.25) is 0 Å².